The molecule has 2 N–H and O–H groups in total. The minimum absolute atomic E-state index is 0.167. The number of aromatic nitrogens is 1. The normalized spacial score (nSPS) is 12.1. The summed E-state index contributed by atoms with van der Waals surface area (Å²) >= 11 is 0. The first-order valence-electron chi connectivity index (χ1n) is 4.12. The van der Waals surface area contributed by atoms with Crippen LogP contribution in [-0.2, 0) is 0 Å². The lowest BCUT2D eigenvalue weighted by atomic mass is 10.1. The zero-order valence-corrected chi connectivity index (χ0v) is 7.59. The van der Waals surface area contributed by atoms with E-state index in [9.17, 15) is 10.1 Å². The first-order chi connectivity index (χ1) is 6.65. The summed E-state index contributed by atoms with van der Waals surface area (Å²) in [5, 5.41) is 10.3. The van der Waals surface area contributed by atoms with Gasteiger partial charge in [-0.3, -0.25) is 0 Å². The standard InChI is InChI=1S/C9H11N3O2/c1-2-3-8(10)7-4-5-9(11-6-7)12(13)14/h2,4-6,8H,1,3,10H2. The fraction of sp³-hybridized carbons (Fsp3) is 0.222. The predicted octanol–water partition coefficient (Wildman–Crippen LogP) is 1.57. The van der Waals surface area contributed by atoms with Gasteiger partial charge >= 0.3 is 5.82 Å². The van der Waals surface area contributed by atoms with Crippen LogP contribution in [0.4, 0.5) is 5.82 Å². The van der Waals surface area contributed by atoms with Crippen LogP contribution in [0.15, 0.2) is 31.0 Å². The number of nitro groups is 1. The quantitative estimate of drug-likeness (QED) is 0.447. The van der Waals surface area contributed by atoms with E-state index in [2.05, 4.69) is 11.6 Å². The molecule has 0 bridgehead atoms. The molecule has 0 aliphatic heterocycles. The molecule has 14 heavy (non-hydrogen) atoms. The smallest absolute Gasteiger partial charge is 0.358 e. The molecule has 74 valence electrons. The van der Waals surface area contributed by atoms with E-state index in [1.165, 1.54) is 12.3 Å². The second-order valence-corrected chi connectivity index (χ2v) is 2.84. The van der Waals surface area contributed by atoms with E-state index in [-0.39, 0.29) is 11.9 Å². The average Bonchev–Trinajstić information content (AvgIpc) is 2.18. The van der Waals surface area contributed by atoms with Crippen molar-refractivity contribution in [3.8, 4) is 0 Å². The van der Waals surface area contributed by atoms with Gasteiger partial charge in [0.1, 0.15) is 6.20 Å². The van der Waals surface area contributed by atoms with E-state index in [1.807, 2.05) is 0 Å². The van der Waals surface area contributed by atoms with E-state index in [1.54, 1.807) is 12.1 Å². The number of hydrogen-bond donors (Lipinski definition) is 1. The molecule has 0 saturated heterocycles. The Bertz CT molecular complexity index is 334. The SMILES string of the molecule is C=CCC(N)c1ccc([N+](=O)[O-])nc1. The Morgan fingerprint density at radius 3 is 2.86 bits per heavy atom. The molecular weight excluding hydrogens is 182 g/mol. The third-order valence-corrected chi connectivity index (χ3v) is 1.81. The van der Waals surface area contributed by atoms with E-state index < -0.39 is 4.92 Å². The lowest BCUT2D eigenvalue weighted by Crippen LogP contribution is -2.09. The molecule has 0 spiro atoms. The van der Waals surface area contributed by atoms with Crippen molar-refractivity contribution in [3.05, 3.63) is 46.7 Å². The maximum Gasteiger partial charge on any atom is 0.363 e. The van der Waals surface area contributed by atoms with Gasteiger partial charge in [-0.05, 0) is 22.4 Å². The highest BCUT2D eigenvalue weighted by Crippen LogP contribution is 2.15. The van der Waals surface area contributed by atoms with E-state index in [0.29, 0.717) is 6.42 Å². The topological polar surface area (TPSA) is 82.0 Å². The van der Waals surface area contributed by atoms with E-state index >= 15 is 0 Å². The Hall–Kier alpha value is -1.75. The maximum atomic E-state index is 10.3. The summed E-state index contributed by atoms with van der Waals surface area (Å²) in [6, 6.07) is 2.76. The van der Waals surface area contributed by atoms with Gasteiger partial charge in [-0.25, -0.2) is 0 Å². The molecule has 0 radical (unpaired) electrons. The summed E-state index contributed by atoms with van der Waals surface area (Å²) in [6.07, 6.45) is 3.75. The number of pyridine rings is 1. The van der Waals surface area contributed by atoms with E-state index in [0.717, 1.165) is 5.56 Å². The summed E-state index contributed by atoms with van der Waals surface area (Å²) in [6.45, 7) is 3.56. The van der Waals surface area contributed by atoms with Gasteiger partial charge < -0.3 is 15.8 Å². The molecule has 1 atom stereocenters. The van der Waals surface area contributed by atoms with Crippen LogP contribution in [0.2, 0.25) is 0 Å². The van der Waals surface area contributed by atoms with Crippen molar-refractivity contribution in [3.63, 3.8) is 0 Å². The first-order valence-corrected chi connectivity index (χ1v) is 4.12. The summed E-state index contributed by atoms with van der Waals surface area (Å²) in [5.41, 5.74) is 6.52. The molecule has 5 nitrogen and oxygen atoms in total. The van der Waals surface area contributed by atoms with Crippen LogP contribution in [0.3, 0.4) is 0 Å². The lowest BCUT2D eigenvalue weighted by molar-refractivity contribution is -0.389. The molecule has 0 aliphatic rings. The van der Waals surface area contributed by atoms with E-state index in [4.69, 9.17) is 5.73 Å². The van der Waals surface area contributed by atoms with Crippen molar-refractivity contribution in [2.45, 2.75) is 12.5 Å². The Kier molecular flexibility index (Phi) is 3.30. The Morgan fingerprint density at radius 1 is 1.71 bits per heavy atom. The van der Waals surface area contributed by atoms with Crippen molar-refractivity contribution < 1.29 is 4.92 Å². The average molecular weight is 193 g/mol. The molecule has 1 heterocycles. The summed E-state index contributed by atoms with van der Waals surface area (Å²) in [4.78, 5) is 13.4. The number of hydrogen-bond acceptors (Lipinski definition) is 4. The molecule has 1 aromatic rings. The summed E-state index contributed by atoms with van der Waals surface area (Å²) < 4.78 is 0. The highest BCUT2D eigenvalue weighted by atomic mass is 16.6. The Labute approximate surface area is 81.4 Å². The second-order valence-electron chi connectivity index (χ2n) is 2.84. The van der Waals surface area contributed by atoms with Crippen LogP contribution in [0.5, 0.6) is 0 Å². The molecule has 1 aromatic heterocycles. The fourth-order valence-corrected chi connectivity index (χ4v) is 1.04. The van der Waals surface area contributed by atoms with Crippen molar-refractivity contribution in [1.82, 2.24) is 4.98 Å². The maximum absolute atomic E-state index is 10.3. The van der Waals surface area contributed by atoms with Gasteiger partial charge in [0.2, 0.25) is 0 Å². The van der Waals surface area contributed by atoms with Crippen molar-refractivity contribution in [2.24, 2.45) is 5.73 Å². The van der Waals surface area contributed by atoms with Gasteiger partial charge in [0.15, 0.2) is 0 Å². The molecule has 0 saturated carbocycles. The van der Waals surface area contributed by atoms with Gasteiger partial charge in [-0.1, -0.05) is 6.08 Å². The van der Waals surface area contributed by atoms with Crippen LogP contribution in [0, 0.1) is 10.1 Å². The van der Waals surface area contributed by atoms with Crippen LogP contribution < -0.4 is 5.73 Å². The predicted molar refractivity (Wildman–Crippen MR) is 52.6 cm³/mol. The molecule has 0 aliphatic carbocycles. The van der Waals surface area contributed by atoms with Crippen LogP contribution in [0.1, 0.15) is 18.0 Å². The third-order valence-electron chi connectivity index (χ3n) is 1.81. The number of nitrogens with zero attached hydrogens (tertiary/aromatic N) is 2. The van der Waals surface area contributed by atoms with Gasteiger partial charge in [-0.2, -0.15) is 0 Å². The third kappa shape index (κ3) is 2.37. The zero-order chi connectivity index (χ0) is 10.6. The Balaban J connectivity index is 2.82. The van der Waals surface area contributed by atoms with Crippen LogP contribution in [0.25, 0.3) is 0 Å². The zero-order valence-electron chi connectivity index (χ0n) is 7.59. The van der Waals surface area contributed by atoms with Crippen molar-refractivity contribution >= 4 is 5.82 Å². The minimum atomic E-state index is -0.539. The summed E-state index contributed by atoms with van der Waals surface area (Å²) in [7, 11) is 0. The summed E-state index contributed by atoms with van der Waals surface area (Å²) in [5.74, 6) is -0.167. The lowest BCUT2D eigenvalue weighted by Gasteiger charge is -2.06. The highest BCUT2D eigenvalue weighted by Gasteiger charge is 2.10. The fourth-order valence-electron chi connectivity index (χ4n) is 1.04. The van der Waals surface area contributed by atoms with Crippen LogP contribution >= 0.6 is 0 Å². The highest BCUT2D eigenvalue weighted by molar-refractivity contribution is 5.24. The molecule has 5 heteroatoms. The van der Waals surface area contributed by atoms with Gasteiger partial charge in [-0.15, -0.1) is 6.58 Å². The molecule has 0 amide bonds. The molecule has 0 aromatic carbocycles. The minimum Gasteiger partial charge on any atom is -0.358 e. The largest absolute Gasteiger partial charge is 0.363 e. The molecule has 1 unspecified atom stereocenters. The number of nitrogens with two attached hydrogens (primary N) is 1. The van der Waals surface area contributed by atoms with Gasteiger partial charge in [0.25, 0.3) is 0 Å². The first kappa shape index (κ1) is 10.3. The molecule has 0 fully saturated rings. The van der Waals surface area contributed by atoms with Crippen molar-refractivity contribution in [2.75, 3.05) is 0 Å². The van der Waals surface area contributed by atoms with Gasteiger partial charge in [0, 0.05) is 17.7 Å². The van der Waals surface area contributed by atoms with Crippen LogP contribution in [-0.4, -0.2) is 9.91 Å². The Morgan fingerprint density at radius 2 is 2.43 bits per heavy atom. The van der Waals surface area contributed by atoms with Gasteiger partial charge in [0.05, 0.1) is 0 Å². The number of rotatable bonds is 4. The molecular formula is C9H11N3O2. The molecule has 1 rings (SSSR count). The monoisotopic (exact) mass is 193 g/mol. The second kappa shape index (κ2) is 4.48. The van der Waals surface area contributed by atoms with Crippen molar-refractivity contribution in [1.29, 1.82) is 0 Å².